The largest absolute Gasteiger partial charge is 0.452 e. The molecule has 1 N–H and O–H groups in total. The SMILES string of the molecule is O=C(COC(=O)/C=C/c1ccccc1)Nc1cccc(S(=O)(=O)N2CCCC2)c1. The molecule has 0 bridgehead atoms. The van der Waals surface area contributed by atoms with Crippen molar-refractivity contribution in [3.05, 3.63) is 66.2 Å². The van der Waals surface area contributed by atoms with Gasteiger partial charge in [0.1, 0.15) is 0 Å². The fourth-order valence-corrected chi connectivity index (χ4v) is 4.49. The van der Waals surface area contributed by atoms with Crippen molar-refractivity contribution in [2.45, 2.75) is 17.7 Å². The molecule has 152 valence electrons. The van der Waals surface area contributed by atoms with E-state index in [9.17, 15) is 18.0 Å². The number of ether oxygens (including phenoxy) is 1. The third-order valence-corrected chi connectivity index (χ3v) is 6.27. The van der Waals surface area contributed by atoms with Gasteiger partial charge in [-0.3, -0.25) is 4.79 Å². The Balaban J connectivity index is 1.54. The Morgan fingerprint density at radius 3 is 2.48 bits per heavy atom. The fraction of sp³-hybridized carbons (Fsp3) is 0.238. The number of carbonyl (C=O) groups is 2. The topological polar surface area (TPSA) is 92.8 Å². The van der Waals surface area contributed by atoms with Crippen molar-refractivity contribution in [2.24, 2.45) is 0 Å². The van der Waals surface area contributed by atoms with E-state index < -0.39 is 28.5 Å². The van der Waals surface area contributed by atoms with Crippen molar-refractivity contribution in [1.29, 1.82) is 0 Å². The average Bonchev–Trinajstić information content (AvgIpc) is 3.27. The zero-order valence-electron chi connectivity index (χ0n) is 15.8. The van der Waals surface area contributed by atoms with Gasteiger partial charge in [0.25, 0.3) is 5.91 Å². The quantitative estimate of drug-likeness (QED) is 0.555. The van der Waals surface area contributed by atoms with Crippen LogP contribution in [0.5, 0.6) is 0 Å². The monoisotopic (exact) mass is 414 g/mol. The predicted molar refractivity (Wildman–Crippen MR) is 109 cm³/mol. The number of carbonyl (C=O) groups excluding carboxylic acids is 2. The zero-order valence-corrected chi connectivity index (χ0v) is 16.6. The van der Waals surface area contributed by atoms with Crippen molar-refractivity contribution in [3.63, 3.8) is 0 Å². The lowest BCUT2D eigenvalue weighted by Gasteiger charge is -2.16. The van der Waals surface area contributed by atoms with Gasteiger partial charge in [-0.25, -0.2) is 13.2 Å². The first-order valence-electron chi connectivity index (χ1n) is 9.25. The Bertz CT molecular complexity index is 997. The molecular weight excluding hydrogens is 392 g/mol. The third-order valence-electron chi connectivity index (χ3n) is 4.38. The van der Waals surface area contributed by atoms with E-state index in [1.807, 2.05) is 30.3 Å². The molecule has 7 nitrogen and oxygen atoms in total. The first-order chi connectivity index (χ1) is 13.9. The van der Waals surface area contributed by atoms with Crippen LogP contribution in [0.1, 0.15) is 18.4 Å². The van der Waals surface area contributed by atoms with Crippen LogP contribution in [0, 0.1) is 0 Å². The van der Waals surface area contributed by atoms with E-state index in [2.05, 4.69) is 5.32 Å². The molecule has 0 atom stereocenters. The first kappa shape index (κ1) is 20.8. The summed E-state index contributed by atoms with van der Waals surface area (Å²) < 4.78 is 31.6. The molecule has 0 unspecified atom stereocenters. The minimum Gasteiger partial charge on any atom is -0.452 e. The van der Waals surface area contributed by atoms with Crippen LogP contribution in [0.15, 0.2) is 65.6 Å². The van der Waals surface area contributed by atoms with Gasteiger partial charge in [-0.15, -0.1) is 0 Å². The zero-order chi connectivity index (χ0) is 20.7. The summed E-state index contributed by atoms with van der Waals surface area (Å²) in [7, 11) is -3.57. The number of nitrogens with zero attached hydrogens (tertiary/aromatic N) is 1. The first-order valence-corrected chi connectivity index (χ1v) is 10.7. The maximum Gasteiger partial charge on any atom is 0.331 e. The predicted octanol–water partition coefficient (Wildman–Crippen LogP) is 2.67. The second kappa shape index (κ2) is 9.49. The Labute approximate surface area is 170 Å². The minimum atomic E-state index is -3.57. The number of amides is 1. The minimum absolute atomic E-state index is 0.125. The van der Waals surface area contributed by atoms with Gasteiger partial charge < -0.3 is 10.1 Å². The average molecular weight is 414 g/mol. The van der Waals surface area contributed by atoms with Gasteiger partial charge >= 0.3 is 5.97 Å². The molecule has 1 aliphatic rings. The molecular formula is C21H22N2O5S. The molecule has 1 aliphatic heterocycles. The molecule has 0 radical (unpaired) electrons. The number of hydrogen-bond donors (Lipinski definition) is 1. The molecule has 0 saturated carbocycles. The number of anilines is 1. The second-order valence-corrected chi connectivity index (χ2v) is 8.48. The van der Waals surface area contributed by atoms with Crippen molar-refractivity contribution in [3.8, 4) is 0 Å². The molecule has 8 heteroatoms. The highest BCUT2D eigenvalue weighted by atomic mass is 32.2. The standard InChI is InChI=1S/C21H22N2O5S/c24-20(16-28-21(25)12-11-17-7-2-1-3-8-17)22-18-9-6-10-19(15-18)29(26,27)23-13-4-5-14-23/h1-3,6-12,15H,4-5,13-14,16H2,(H,22,24)/b12-11+. The van der Waals surface area contributed by atoms with Gasteiger partial charge in [0.05, 0.1) is 4.90 Å². The number of benzene rings is 2. The molecule has 1 heterocycles. The Hall–Kier alpha value is -2.97. The van der Waals surface area contributed by atoms with Crippen LogP contribution < -0.4 is 5.32 Å². The van der Waals surface area contributed by atoms with Crippen molar-refractivity contribution in [2.75, 3.05) is 25.0 Å². The van der Waals surface area contributed by atoms with Crippen LogP contribution in [0.2, 0.25) is 0 Å². The lowest BCUT2D eigenvalue weighted by Crippen LogP contribution is -2.28. The normalized spacial score (nSPS) is 14.8. The molecule has 1 amide bonds. The molecule has 0 aliphatic carbocycles. The highest BCUT2D eigenvalue weighted by molar-refractivity contribution is 7.89. The number of rotatable bonds is 7. The van der Waals surface area contributed by atoms with Crippen molar-refractivity contribution in [1.82, 2.24) is 4.31 Å². The van der Waals surface area contributed by atoms with Gasteiger partial charge in [-0.1, -0.05) is 36.4 Å². The summed E-state index contributed by atoms with van der Waals surface area (Å²) in [6.07, 6.45) is 4.53. The summed E-state index contributed by atoms with van der Waals surface area (Å²) in [5.41, 5.74) is 1.16. The van der Waals surface area contributed by atoms with Crippen LogP contribution >= 0.6 is 0 Å². The highest BCUT2D eigenvalue weighted by Gasteiger charge is 2.27. The van der Waals surface area contributed by atoms with Crippen LogP contribution in [0.3, 0.4) is 0 Å². The number of hydrogen-bond acceptors (Lipinski definition) is 5. The van der Waals surface area contributed by atoms with Gasteiger partial charge in [0.15, 0.2) is 6.61 Å². The van der Waals surface area contributed by atoms with Crippen molar-refractivity contribution >= 4 is 33.7 Å². The molecule has 3 rings (SSSR count). The molecule has 1 saturated heterocycles. The van der Waals surface area contributed by atoms with E-state index >= 15 is 0 Å². The lowest BCUT2D eigenvalue weighted by atomic mass is 10.2. The van der Waals surface area contributed by atoms with E-state index in [0.29, 0.717) is 18.8 Å². The van der Waals surface area contributed by atoms with Crippen LogP contribution in [-0.2, 0) is 24.3 Å². The molecule has 29 heavy (non-hydrogen) atoms. The number of esters is 1. The third kappa shape index (κ3) is 5.75. The molecule has 0 aromatic heterocycles. The highest BCUT2D eigenvalue weighted by Crippen LogP contribution is 2.23. The van der Waals surface area contributed by atoms with Crippen LogP contribution in [0.25, 0.3) is 6.08 Å². The van der Waals surface area contributed by atoms with E-state index in [1.54, 1.807) is 18.2 Å². The van der Waals surface area contributed by atoms with E-state index in [4.69, 9.17) is 4.74 Å². The van der Waals surface area contributed by atoms with Gasteiger partial charge in [0, 0.05) is 24.9 Å². The number of nitrogens with one attached hydrogen (secondary N) is 1. The molecule has 1 fully saturated rings. The van der Waals surface area contributed by atoms with Gasteiger partial charge in [-0.05, 0) is 42.7 Å². The lowest BCUT2D eigenvalue weighted by molar-refractivity contribution is -0.142. The smallest absolute Gasteiger partial charge is 0.331 e. The van der Waals surface area contributed by atoms with E-state index in [1.165, 1.54) is 22.5 Å². The maximum absolute atomic E-state index is 12.6. The van der Waals surface area contributed by atoms with E-state index in [0.717, 1.165) is 18.4 Å². The Kier molecular flexibility index (Phi) is 6.79. The number of sulfonamides is 1. The maximum atomic E-state index is 12.6. The van der Waals surface area contributed by atoms with Crippen LogP contribution in [-0.4, -0.2) is 44.3 Å². The summed E-state index contributed by atoms with van der Waals surface area (Å²) in [5, 5.41) is 2.55. The summed E-state index contributed by atoms with van der Waals surface area (Å²) in [5.74, 6) is -1.20. The molecule has 2 aromatic carbocycles. The molecule has 0 spiro atoms. The van der Waals surface area contributed by atoms with Crippen LogP contribution in [0.4, 0.5) is 5.69 Å². The fourth-order valence-electron chi connectivity index (χ4n) is 2.92. The Morgan fingerprint density at radius 2 is 1.76 bits per heavy atom. The second-order valence-electron chi connectivity index (χ2n) is 6.54. The summed E-state index contributed by atoms with van der Waals surface area (Å²) in [6.45, 7) is 0.539. The van der Waals surface area contributed by atoms with Crippen molar-refractivity contribution < 1.29 is 22.7 Å². The van der Waals surface area contributed by atoms with Gasteiger partial charge in [0.2, 0.25) is 10.0 Å². The summed E-state index contributed by atoms with van der Waals surface area (Å²) in [4.78, 5) is 23.9. The Morgan fingerprint density at radius 1 is 1.03 bits per heavy atom. The summed E-state index contributed by atoms with van der Waals surface area (Å²) >= 11 is 0. The summed E-state index contributed by atoms with van der Waals surface area (Å²) in [6, 6.07) is 15.3. The van der Waals surface area contributed by atoms with Gasteiger partial charge in [-0.2, -0.15) is 4.31 Å². The van der Waals surface area contributed by atoms with E-state index in [-0.39, 0.29) is 4.90 Å². The molecule has 2 aromatic rings.